The van der Waals surface area contributed by atoms with E-state index in [0.29, 0.717) is 12.2 Å². The van der Waals surface area contributed by atoms with Gasteiger partial charge in [0.2, 0.25) is 0 Å². The molecule has 0 radical (unpaired) electrons. The van der Waals surface area contributed by atoms with Gasteiger partial charge in [0.05, 0.1) is 12.2 Å². The number of carbonyl (C=O) groups excluding carboxylic acids is 1. The third-order valence-corrected chi connectivity index (χ3v) is 5.69. The van der Waals surface area contributed by atoms with Crippen molar-refractivity contribution in [2.45, 2.75) is 6.92 Å². The van der Waals surface area contributed by atoms with E-state index in [9.17, 15) is 4.79 Å². The van der Waals surface area contributed by atoms with Gasteiger partial charge in [-0.25, -0.2) is 4.79 Å². The standard InChI is InChI=1S/C29H22O2/c1-2-31-29(30)26-19-11-10-18-25(26)28-23-16-8-6-14-21(23)27(20-12-4-3-5-13-20)22-15-7-9-17-24(22)28/h3-19H,2H2,1H3. The summed E-state index contributed by atoms with van der Waals surface area (Å²) in [4.78, 5) is 12.8. The number of ether oxygens (including phenoxy) is 1. The van der Waals surface area contributed by atoms with E-state index < -0.39 is 0 Å². The summed E-state index contributed by atoms with van der Waals surface area (Å²) in [5.74, 6) is -0.293. The fourth-order valence-corrected chi connectivity index (χ4v) is 4.42. The summed E-state index contributed by atoms with van der Waals surface area (Å²) in [6, 6.07) is 35.1. The molecule has 2 heteroatoms. The molecular formula is C29H22O2. The maximum Gasteiger partial charge on any atom is 0.338 e. The molecule has 0 aliphatic heterocycles. The molecule has 0 heterocycles. The largest absolute Gasteiger partial charge is 0.462 e. The van der Waals surface area contributed by atoms with Crippen LogP contribution in [0.1, 0.15) is 17.3 Å². The Morgan fingerprint density at radius 2 is 1.10 bits per heavy atom. The number of rotatable bonds is 4. The monoisotopic (exact) mass is 402 g/mol. The molecule has 150 valence electrons. The summed E-state index contributed by atoms with van der Waals surface area (Å²) in [6.07, 6.45) is 0. The van der Waals surface area contributed by atoms with Crippen molar-refractivity contribution in [3.8, 4) is 22.3 Å². The molecule has 0 saturated carbocycles. The molecule has 0 atom stereocenters. The van der Waals surface area contributed by atoms with Crippen LogP contribution in [-0.2, 0) is 4.74 Å². The van der Waals surface area contributed by atoms with Crippen LogP contribution in [0.25, 0.3) is 43.8 Å². The minimum Gasteiger partial charge on any atom is -0.462 e. The number of hydrogen-bond donors (Lipinski definition) is 0. The molecule has 5 aromatic rings. The van der Waals surface area contributed by atoms with E-state index in [1.807, 2.05) is 37.3 Å². The highest BCUT2D eigenvalue weighted by Gasteiger charge is 2.20. The minimum absolute atomic E-state index is 0.293. The topological polar surface area (TPSA) is 26.3 Å². The zero-order chi connectivity index (χ0) is 21.2. The lowest BCUT2D eigenvalue weighted by Gasteiger charge is -2.19. The molecule has 0 N–H and O–H groups in total. The van der Waals surface area contributed by atoms with Crippen LogP contribution in [0.3, 0.4) is 0 Å². The first kappa shape index (κ1) is 19.1. The highest BCUT2D eigenvalue weighted by molar-refractivity contribution is 6.22. The molecule has 5 aromatic carbocycles. The molecule has 0 aliphatic carbocycles. The van der Waals surface area contributed by atoms with E-state index >= 15 is 0 Å². The number of hydrogen-bond acceptors (Lipinski definition) is 2. The summed E-state index contributed by atoms with van der Waals surface area (Å²) in [6.45, 7) is 2.18. The Morgan fingerprint density at radius 1 is 0.613 bits per heavy atom. The zero-order valence-electron chi connectivity index (χ0n) is 17.3. The first-order valence-electron chi connectivity index (χ1n) is 10.5. The highest BCUT2D eigenvalue weighted by atomic mass is 16.5. The second-order valence-corrected chi connectivity index (χ2v) is 7.47. The Bertz CT molecular complexity index is 1340. The van der Waals surface area contributed by atoms with Crippen LogP contribution in [0.4, 0.5) is 0 Å². The zero-order valence-corrected chi connectivity index (χ0v) is 17.3. The average Bonchev–Trinajstić information content (AvgIpc) is 2.83. The maximum atomic E-state index is 12.8. The fraction of sp³-hybridized carbons (Fsp3) is 0.0690. The van der Waals surface area contributed by atoms with Gasteiger partial charge in [0, 0.05) is 0 Å². The molecule has 0 spiro atoms. The van der Waals surface area contributed by atoms with Crippen molar-refractivity contribution in [1.82, 2.24) is 0 Å². The van der Waals surface area contributed by atoms with Crippen molar-refractivity contribution >= 4 is 27.5 Å². The van der Waals surface area contributed by atoms with E-state index in [2.05, 4.69) is 72.8 Å². The summed E-state index contributed by atoms with van der Waals surface area (Å²) >= 11 is 0. The molecule has 0 fully saturated rings. The van der Waals surface area contributed by atoms with Gasteiger partial charge in [0.25, 0.3) is 0 Å². The minimum atomic E-state index is -0.293. The van der Waals surface area contributed by atoms with E-state index in [-0.39, 0.29) is 5.97 Å². The first-order chi connectivity index (χ1) is 15.3. The lowest BCUT2D eigenvalue weighted by molar-refractivity contribution is 0.0527. The van der Waals surface area contributed by atoms with Gasteiger partial charge in [-0.2, -0.15) is 0 Å². The lowest BCUT2D eigenvalue weighted by Crippen LogP contribution is -2.06. The lowest BCUT2D eigenvalue weighted by atomic mass is 9.85. The number of carbonyl (C=O) groups is 1. The van der Waals surface area contributed by atoms with Crippen LogP contribution < -0.4 is 0 Å². The maximum absolute atomic E-state index is 12.8. The van der Waals surface area contributed by atoms with Crippen molar-refractivity contribution in [1.29, 1.82) is 0 Å². The summed E-state index contributed by atoms with van der Waals surface area (Å²) in [7, 11) is 0. The molecule has 31 heavy (non-hydrogen) atoms. The molecule has 0 aromatic heterocycles. The van der Waals surface area contributed by atoms with Crippen molar-refractivity contribution in [3.05, 3.63) is 109 Å². The van der Waals surface area contributed by atoms with Gasteiger partial charge in [-0.05, 0) is 56.8 Å². The Kier molecular flexibility index (Phi) is 4.97. The molecule has 0 saturated heterocycles. The van der Waals surface area contributed by atoms with E-state index in [1.165, 1.54) is 21.9 Å². The second-order valence-electron chi connectivity index (χ2n) is 7.47. The van der Waals surface area contributed by atoms with Crippen molar-refractivity contribution in [2.24, 2.45) is 0 Å². The average molecular weight is 402 g/mol. The quantitative estimate of drug-likeness (QED) is 0.230. The molecule has 5 rings (SSSR count). The van der Waals surface area contributed by atoms with Crippen molar-refractivity contribution in [2.75, 3.05) is 6.61 Å². The Balaban J connectivity index is 1.94. The van der Waals surface area contributed by atoms with Gasteiger partial charge in [0.1, 0.15) is 0 Å². The summed E-state index contributed by atoms with van der Waals surface area (Å²) in [5, 5.41) is 4.58. The third-order valence-electron chi connectivity index (χ3n) is 5.69. The number of fused-ring (bicyclic) bond motifs is 2. The summed E-state index contributed by atoms with van der Waals surface area (Å²) < 4.78 is 5.37. The molecule has 0 amide bonds. The predicted molar refractivity (Wildman–Crippen MR) is 128 cm³/mol. The van der Waals surface area contributed by atoms with Crippen LogP contribution in [0.2, 0.25) is 0 Å². The smallest absolute Gasteiger partial charge is 0.338 e. The highest BCUT2D eigenvalue weighted by Crippen LogP contribution is 2.44. The van der Waals surface area contributed by atoms with Crippen LogP contribution in [0.15, 0.2) is 103 Å². The molecule has 2 nitrogen and oxygen atoms in total. The fourth-order valence-electron chi connectivity index (χ4n) is 4.42. The molecule has 0 aliphatic rings. The van der Waals surface area contributed by atoms with Crippen LogP contribution in [0.5, 0.6) is 0 Å². The van der Waals surface area contributed by atoms with Crippen LogP contribution >= 0.6 is 0 Å². The van der Waals surface area contributed by atoms with Crippen LogP contribution in [0, 0.1) is 0 Å². The Labute approximate surface area is 181 Å². The second kappa shape index (κ2) is 8.08. The predicted octanol–water partition coefficient (Wildman–Crippen LogP) is 7.50. The van der Waals surface area contributed by atoms with Crippen molar-refractivity contribution < 1.29 is 9.53 Å². The summed E-state index contributed by atoms with van der Waals surface area (Å²) in [5.41, 5.74) is 4.94. The molecule has 0 unspecified atom stereocenters. The third kappa shape index (κ3) is 3.27. The van der Waals surface area contributed by atoms with Crippen LogP contribution in [-0.4, -0.2) is 12.6 Å². The van der Waals surface area contributed by atoms with Gasteiger partial charge >= 0.3 is 5.97 Å². The Hall–Kier alpha value is -3.91. The number of esters is 1. The van der Waals surface area contributed by atoms with Crippen molar-refractivity contribution in [3.63, 3.8) is 0 Å². The Morgan fingerprint density at radius 3 is 1.68 bits per heavy atom. The van der Waals surface area contributed by atoms with Gasteiger partial charge in [0.15, 0.2) is 0 Å². The number of benzene rings is 5. The molecule has 0 bridgehead atoms. The SMILES string of the molecule is CCOC(=O)c1ccccc1-c1c2ccccc2c(-c2ccccc2)c2ccccc12. The normalized spacial score (nSPS) is 11.0. The van der Waals surface area contributed by atoms with E-state index in [0.717, 1.165) is 21.9 Å². The molecular weight excluding hydrogens is 380 g/mol. The van der Waals surface area contributed by atoms with Gasteiger partial charge in [-0.1, -0.05) is 97.1 Å². The van der Waals surface area contributed by atoms with Gasteiger partial charge in [-0.15, -0.1) is 0 Å². The van der Waals surface area contributed by atoms with Gasteiger partial charge in [-0.3, -0.25) is 0 Å². The first-order valence-corrected chi connectivity index (χ1v) is 10.5. The van der Waals surface area contributed by atoms with Gasteiger partial charge < -0.3 is 4.74 Å². The van der Waals surface area contributed by atoms with E-state index in [4.69, 9.17) is 4.74 Å². The van der Waals surface area contributed by atoms with E-state index in [1.54, 1.807) is 0 Å².